The summed E-state index contributed by atoms with van der Waals surface area (Å²) < 4.78 is 10.3. The van der Waals surface area contributed by atoms with Gasteiger partial charge in [0.15, 0.2) is 5.75 Å². The van der Waals surface area contributed by atoms with Crippen LogP contribution in [0.25, 0.3) is 0 Å². The first kappa shape index (κ1) is 10.4. The average Bonchev–Trinajstić information content (AvgIpc) is 2.63. The largest absolute Gasteiger partial charge is 0.427 e. The Morgan fingerprint density at radius 1 is 1.47 bits per heavy atom. The van der Waals surface area contributed by atoms with Crippen LogP contribution >= 0.6 is 27.5 Å². The van der Waals surface area contributed by atoms with Crippen LogP contribution in [0.5, 0.6) is 10.9 Å². The Morgan fingerprint density at radius 3 is 2.87 bits per heavy atom. The molecule has 0 aliphatic carbocycles. The number of anilines is 1. The highest BCUT2D eigenvalue weighted by Gasteiger charge is 2.09. The summed E-state index contributed by atoms with van der Waals surface area (Å²) in [5.41, 5.74) is 7.38. The molecule has 0 bridgehead atoms. The van der Waals surface area contributed by atoms with Crippen LogP contribution in [-0.4, -0.2) is 9.36 Å². The molecule has 0 spiro atoms. The number of nitrogens with two attached hydrogens (primary N) is 1. The predicted molar refractivity (Wildman–Crippen MR) is 63.3 cm³/mol. The van der Waals surface area contributed by atoms with E-state index in [1.54, 1.807) is 6.07 Å². The summed E-state index contributed by atoms with van der Waals surface area (Å²) in [4.78, 5) is 3.93. The number of halogens is 1. The third kappa shape index (κ3) is 2.27. The van der Waals surface area contributed by atoms with Crippen molar-refractivity contribution in [2.75, 3.05) is 5.73 Å². The number of benzene rings is 1. The van der Waals surface area contributed by atoms with Gasteiger partial charge in [0.25, 0.3) is 5.19 Å². The van der Waals surface area contributed by atoms with E-state index in [4.69, 9.17) is 10.5 Å². The Balaban J connectivity index is 2.36. The van der Waals surface area contributed by atoms with Gasteiger partial charge >= 0.3 is 0 Å². The summed E-state index contributed by atoms with van der Waals surface area (Å²) in [6.45, 7) is 1.93. The number of rotatable bonds is 2. The number of nitrogen functional groups attached to an aromatic ring is 1. The van der Waals surface area contributed by atoms with E-state index in [9.17, 15) is 0 Å². The Morgan fingerprint density at radius 2 is 2.27 bits per heavy atom. The Hall–Kier alpha value is -1.14. The van der Waals surface area contributed by atoms with E-state index in [-0.39, 0.29) is 0 Å². The molecule has 1 heterocycles. The van der Waals surface area contributed by atoms with Gasteiger partial charge < -0.3 is 10.5 Å². The minimum Gasteiger partial charge on any atom is -0.427 e. The van der Waals surface area contributed by atoms with Gasteiger partial charge in [-0.3, -0.25) is 0 Å². The summed E-state index contributed by atoms with van der Waals surface area (Å²) in [5.74, 6) is 0.634. The van der Waals surface area contributed by atoms with E-state index in [0.717, 1.165) is 10.0 Å². The minimum atomic E-state index is 0.493. The minimum absolute atomic E-state index is 0.493. The van der Waals surface area contributed by atoms with Crippen molar-refractivity contribution in [3.8, 4) is 10.9 Å². The molecule has 0 amide bonds. The highest BCUT2D eigenvalue weighted by Crippen LogP contribution is 2.33. The van der Waals surface area contributed by atoms with Gasteiger partial charge in [0.1, 0.15) is 6.33 Å². The predicted octanol–water partition coefficient (Wildman–Crippen LogP) is 2.98. The first-order chi connectivity index (χ1) is 7.16. The highest BCUT2D eigenvalue weighted by molar-refractivity contribution is 9.10. The van der Waals surface area contributed by atoms with Gasteiger partial charge in [-0.25, -0.2) is 0 Å². The smallest absolute Gasteiger partial charge is 0.298 e. The van der Waals surface area contributed by atoms with Crippen molar-refractivity contribution in [3.63, 3.8) is 0 Å². The van der Waals surface area contributed by atoms with Crippen LogP contribution in [0.2, 0.25) is 0 Å². The second-order valence-corrected chi connectivity index (χ2v) is 4.61. The molecular formula is C9H8BrN3OS. The van der Waals surface area contributed by atoms with Gasteiger partial charge in [-0.05, 0) is 24.6 Å². The van der Waals surface area contributed by atoms with Crippen LogP contribution in [-0.2, 0) is 0 Å². The van der Waals surface area contributed by atoms with E-state index < -0.39 is 0 Å². The lowest BCUT2D eigenvalue weighted by molar-refractivity contribution is 0.477. The molecule has 2 N–H and O–H groups in total. The molecular weight excluding hydrogens is 278 g/mol. The van der Waals surface area contributed by atoms with Crippen molar-refractivity contribution in [1.29, 1.82) is 0 Å². The molecule has 1 aromatic heterocycles. The van der Waals surface area contributed by atoms with Gasteiger partial charge in [-0.1, -0.05) is 15.9 Å². The zero-order valence-electron chi connectivity index (χ0n) is 7.90. The molecule has 0 unspecified atom stereocenters. The third-order valence-electron chi connectivity index (χ3n) is 1.80. The maximum Gasteiger partial charge on any atom is 0.298 e. The summed E-state index contributed by atoms with van der Waals surface area (Å²) >= 11 is 4.55. The van der Waals surface area contributed by atoms with Crippen molar-refractivity contribution >= 4 is 33.1 Å². The van der Waals surface area contributed by atoms with Crippen molar-refractivity contribution in [2.24, 2.45) is 0 Å². The SMILES string of the molecule is Cc1cc(Br)cc(N)c1Oc1ncns1. The molecule has 0 fully saturated rings. The second kappa shape index (κ2) is 4.16. The van der Waals surface area contributed by atoms with Crippen LogP contribution in [0.15, 0.2) is 22.9 Å². The van der Waals surface area contributed by atoms with Gasteiger partial charge in [-0.15, -0.1) is 0 Å². The zero-order valence-corrected chi connectivity index (χ0v) is 10.3. The van der Waals surface area contributed by atoms with Gasteiger partial charge in [0, 0.05) is 16.0 Å². The number of ether oxygens (including phenoxy) is 1. The quantitative estimate of drug-likeness (QED) is 0.862. The van der Waals surface area contributed by atoms with E-state index in [1.165, 1.54) is 17.9 Å². The summed E-state index contributed by atoms with van der Waals surface area (Å²) in [5, 5.41) is 0.493. The Labute approximate surface area is 99.4 Å². The summed E-state index contributed by atoms with van der Waals surface area (Å²) in [6, 6.07) is 3.73. The number of aryl methyl sites for hydroxylation is 1. The average molecular weight is 286 g/mol. The molecule has 78 valence electrons. The molecule has 2 rings (SSSR count). The molecule has 0 saturated heterocycles. The zero-order chi connectivity index (χ0) is 10.8. The van der Waals surface area contributed by atoms with Crippen LogP contribution in [0.3, 0.4) is 0 Å². The van der Waals surface area contributed by atoms with E-state index in [0.29, 0.717) is 16.6 Å². The normalized spacial score (nSPS) is 10.3. The first-order valence-electron chi connectivity index (χ1n) is 4.17. The standard InChI is InChI=1S/C9H8BrN3OS/c1-5-2-6(10)3-7(11)8(5)14-9-12-4-13-15-9/h2-4H,11H2,1H3. The number of hydrogen-bond acceptors (Lipinski definition) is 5. The van der Waals surface area contributed by atoms with Crippen LogP contribution in [0.1, 0.15) is 5.56 Å². The molecule has 1 aromatic carbocycles. The number of aromatic nitrogens is 2. The fourth-order valence-corrected chi connectivity index (χ4v) is 2.18. The van der Waals surface area contributed by atoms with Crippen molar-refractivity contribution in [1.82, 2.24) is 9.36 Å². The lowest BCUT2D eigenvalue weighted by Gasteiger charge is -2.08. The molecule has 0 aliphatic rings. The van der Waals surface area contributed by atoms with E-state index in [2.05, 4.69) is 25.3 Å². The fraction of sp³-hybridized carbons (Fsp3) is 0.111. The van der Waals surface area contributed by atoms with Gasteiger partial charge in [0.05, 0.1) is 5.69 Å². The van der Waals surface area contributed by atoms with Crippen LogP contribution in [0, 0.1) is 6.92 Å². The monoisotopic (exact) mass is 285 g/mol. The molecule has 4 nitrogen and oxygen atoms in total. The Kier molecular flexibility index (Phi) is 2.88. The Bertz CT molecular complexity index is 449. The molecule has 0 aliphatic heterocycles. The van der Waals surface area contributed by atoms with Crippen molar-refractivity contribution in [3.05, 3.63) is 28.5 Å². The molecule has 0 atom stereocenters. The number of nitrogens with zero attached hydrogens (tertiary/aromatic N) is 2. The maximum atomic E-state index is 5.84. The molecule has 0 radical (unpaired) electrons. The third-order valence-corrected chi connectivity index (χ3v) is 2.80. The van der Waals surface area contributed by atoms with Crippen molar-refractivity contribution in [2.45, 2.75) is 6.92 Å². The van der Waals surface area contributed by atoms with E-state index in [1.807, 2.05) is 13.0 Å². The maximum absolute atomic E-state index is 5.84. The topological polar surface area (TPSA) is 61.0 Å². The molecule has 0 saturated carbocycles. The molecule has 15 heavy (non-hydrogen) atoms. The fourth-order valence-electron chi connectivity index (χ4n) is 1.19. The molecule has 6 heteroatoms. The van der Waals surface area contributed by atoms with Gasteiger partial charge in [0.2, 0.25) is 0 Å². The first-order valence-corrected chi connectivity index (χ1v) is 5.73. The van der Waals surface area contributed by atoms with Gasteiger partial charge in [-0.2, -0.15) is 9.36 Å². The van der Waals surface area contributed by atoms with Crippen molar-refractivity contribution < 1.29 is 4.74 Å². The highest BCUT2D eigenvalue weighted by atomic mass is 79.9. The lowest BCUT2D eigenvalue weighted by Crippen LogP contribution is -1.94. The molecule has 2 aromatic rings. The second-order valence-electron chi connectivity index (χ2n) is 2.95. The van der Waals surface area contributed by atoms with Crippen LogP contribution < -0.4 is 10.5 Å². The number of hydrogen-bond donors (Lipinski definition) is 1. The summed E-state index contributed by atoms with van der Waals surface area (Å²) in [6.07, 6.45) is 1.45. The summed E-state index contributed by atoms with van der Waals surface area (Å²) in [7, 11) is 0. The van der Waals surface area contributed by atoms with Crippen LogP contribution in [0.4, 0.5) is 5.69 Å². The lowest BCUT2D eigenvalue weighted by atomic mass is 10.2. The van der Waals surface area contributed by atoms with E-state index >= 15 is 0 Å².